The zero-order valence-electron chi connectivity index (χ0n) is 14.5. The van der Waals surface area contributed by atoms with Crippen molar-refractivity contribution in [3.63, 3.8) is 0 Å². The van der Waals surface area contributed by atoms with Gasteiger partial charge in [0.2, 0.25) is 0 Å². The van der Waals surface area contributed by atoms with Crippen molar-refractivity contribution < 1.29 is 9.47 Å². The molecule has 5 heteroatoms. The van der Waals surface area contributed by atoms with Gasteiger partial charge >= 0.3 is 0 Å². The molecule has 5 nitrogen and oxygen atoms in total. The fraction of sp³-hybridized carbons (Fsp3) is 0.500. The third-order valence-corrected chi connectivity index (χ3v) is 5.36. The number of nitrogens with zero attached hydrogens (tertiary/aromatic N) is 3. The van der Waals surface area contributed by atoms with Crippen LogP contribution >= 0.6 is 0 Å². The van der Waals surface area contributed by atoms with Gasteiger partial charge in [0.05, 0.1) is 18.9 Å². The summed E-state index contributed by atoms with van der Waals surface area (Å²) in [7, 11) is 0. The van der Waals surface area contributed by atoms with Gasteiger partial charge in [0.1, 0.15) is 5.75 Å². The standard InChI is InChI=1S/C20H25N3O2/c1-4-17(12-21-8-1)14-23-10-6-19-20(15-23,7-3-11-24-19)16-25-18-5-2-9-22-13-18/h1-2,4-5,8-9,12-13,19H,3,6-7,10-11,14-16H2/t19-,20+/m0/s1. The first kappa shape index (κ1) is 16.5. The van der Waals surface area contributed by atoms with Crippen LogP contribution in [-0.2, 0) is 11.3 Å². The molecule has 2 aromatic heterocycles. The van der Waals surface area contributed by atoms with Crippen LogP contribution in [-0.4, -0.2) is 47.3 Å². The molecule has 2 aromatic rings. The van der Waals surface area contributed by atoms with Crippen LogP contribution in [0, 0.1) is 5.41 Å². The van der Waals surface area contributed by atoms with E-state index in [0.29, 0.717) is 12.7 Å². The summed E-state index contributed by atoms with van der Waals surface area (Å²) < 4.78 is 12.3. The highest BCUT2D eigenvalue weighted by Gasteiger charge is 2.46. The van der Waals surface area contributed by atoms with E-state index in [0.717, 1.165) is 51.3 Å². The first-order chi connectivity index (χ1) is 12.3. The molecular weight excluding hydrogens is 314 g/mol. The van der Waals surface area contributed by atoms with Gasteiger partial charge in [-0.1, -0.05) is 6.07 Å². The summed E-state index contributed by atoms with van der Waals surface area (Å²) in [5.74, 6) is 0.839. The number of ether oxygens (including phenoxy) is 2. The molecule has 0 amide bonds. The van der Waals surface area contributed by atoms with Crippen molar-refractivity contribution in [1.82, 2.24) is 14.9 Å². The number of likely N-dealkylation sites (tertiary alicyclic amines) is 1. The third-order valence-electron chi connectivity index (χ3n) is 5.36. The van der Waals surface area contributed by atoms with Gasteiger partial charge in [0.25, 0.3) is 0 Å². The average molecular weight is 339 g/mol. The van der Waals surface area contributed by atoms with Crippen LogP contribution in [0.4, 0.5) is 0 Å². The minimum Gasteiger partial charge on any atom is -0.491 e. The van der Waals surface area contributed by atoms with Crippen molar-refractivity contribution in [1.29, 1.82) is 0 Å². The van der Waals surface area contributed by atoms with Crippen LogP contribution in [0.1, 0.15) is 24.8 Å². The zero-order valence-corrected chi connectivity index (χ0v) is 14.5. The Bertz CT molecular complexity index is 667. The molecule has 2 atom stereocenters. The van der Waals surface area contributed by atoms with E-state index < -0.39 is 0 Å². The summed E-state index contributed by atoms with van der Waals surface area (Å²) in [6.07, 6.45) is 11.0. The van der Waals surface area contributed by atoms with Crippen LogP contribution in [0.5, 0.6) is 5.75 Å². The summed E-state index contributed by atoms with van der Waals surface area (Å²) in [5.41, 5.74) is 1.33. The van der Waals surface area contributed by atoms with E-state index in [1.54, 1.807) is 12.4 Å². The molecule has 0 saturated carbocycles. The van der Waals surface area contributed by atoms with Crippen LogP contribution in [0.15, 0.2) is 49.1 Å². The number of hydrogen-bond donors (Lipinski definition) is 0. The Morgan fingerprint density at radius 3 is 2.88 bits per heavy atom. The molecule has 2 saturated heterocycles. The Morgan fingerprint density at radius 1 is 1.20 bits per heavy atom. The molecule has 2 aliphatic heterocycles. The summed E-state index contributed by atoms with van der Waals surface area (Å²) in [6, 6.07) is 8.04. The first-order valence-corrected chi connectivity index (χ1v) is 9.10. The second-order valence-electron chi connectivity index (χ2n) is 7.16. The predicted molar refractivity (Wildman–Crippen MR) is 95.3 cm³/mol. The molecule has 2 fully saturated rings. The molecule has 0 unspecified atom stereocenters. The Kier molecular flexibility index (Phi) is 4.95. The Balaban J connectivity index is 1.47. The monoisotopic (exact) mass is 339 g/mol. The molecule has 132 valence electrons. The summed E-state index contributed by atoms with van der Waals surface area (Å²) in [4.78, 5) is 10.9. The van der Waals surface area contributed by atoms with Gasteiger partial charge in [0.15, 0.2) is 0 Å². The molecule has 4 rings (SSSR count). The topological polar surface area (TPSA) is 47.5 Å². The second-order valence-corrected chi connectivity index (χ2v) is 7.16. The molecule has 4 heterocycles. The quantitative estimate of drug-likeness (QED) is 0.838. The minimum absolute atomic E-state index is 0.0640. The lowest BCUT2D eigenvalue weighted by Gasteiger charge is -2.50. The van der Waals surface area contributed by atoms with Crippen molar-refractivity contribution in [2.45, 2.75) is 31.9 Å². The Hall–Kier alpha value is -1.98. The van der Waals surface area contributed by atoms with Gasteiger partial charge in [-0.25, -0.2) is 0 Å². The van der Waals surface area contributed by atoms with Crippen LogP contribution < -0.4 is 4.74 Å². The van der Waals surface area contributed by atoms with Gasteiger partial charge in [-0.05, 0) is 43.0 Å². The van der Waals surface area contributed by atoms with Gasteiger partial charge < -0.3 is 9.47 Å². The van der Waals surface area contributed by atoms with E-state index >= 15 is 0 Å². The Labute approximate surface area is 149 Å². The minimum atomic E-state index is 0.0640. The number of rotatable bonds is 5. The second kappa shape index (κ2) is 7.50. The van der Waals surface area contributed by atoms with Gasteiger partial charge in [-0.2, -0.15) is 0 Å². The molecule has 0 aliphatic carbocycles. The van der Waals surface area contributed by atoms with Crippen molar-refractivity contribution in [2.24, 2.45) is 5.41 Å². The fourth-order valence-electron chi connectivity index (χ4n) is 4.14. The lowest BCUT2D eigenvalue weighted by Crippen LogP contribution is -2.57. The highest BCUT2D eigenvalue weighted by Crippen LogP contribution is 2.41. The van der Waals surface area contributed by atoms with E-state index in [-0.39, 0.29) is 5.41 Å². The number of hydrogen-bond acceptors (Lipinski definition) is 5. The number of pyridine rings is 2. The maximum Gasteiger partial charge on any atom is 0.137 e. The van der Waals surface area contributed by atoms with Crippen molar-refractivity contribution in [2.75, 3.05) is 26.3 Å². The van der Waals surface area contributed by atoms with E-state index in [2.05, 4.69) is 20.9 Å². The average Bonchev–Trinajstić information content (AvgIpc) is 2.68. The molecular formula is C20H25N3O2. The predicted octanol–water partition coefficient (Wildman–Crippen LogP) is 2.93. The van der Waals surface area contributed by atoms with Gasteiger partial charge in [-0.15, -0.1) is 0 Å². The molecule has 0 N–H and O–H groups in total. The normalized spacial score (nSPS) is 26.8. The summed E-state index contributed by atoms with van der Waals surface area (Å²) >= 11 is 0. The SMILES string of the molecule is c1cncc(CN2CC[C@@H]3OCCC[C@]3(COc3cccnc3)C2)c1. The molecule has 25 heavy (non-hydrogen) atoms. The molecule has 0 spiro atoms. The molecule has 0 aromatic carbocycles. The molecule has 0 bridgehead atoms. The summed E-state index contributed by atoms with van der Waals surface area (Å²) in [6.45, 7) is 4.57. The highest BCUT2D eigenvalue weighted by atomic mass is 16.5. The van der Waals surface area contributed by atoms with Gasteiger partial charge in [-0.3, -0.25) is 14.9 Å². The number of fused-ring (bicyclic) bond motifs is 1. The van der Waals surface area contributed by atoms with E-state index in [1.807, 2.05) is 30.6 Å². The lowest BCUT2D eigenvalue weighted by molar-refractivity contribution is -0.140. The Morgan fingerprint density at radius 2 is 2.08 bits per heavy atom. The lowest BCUT2D eigenvalue weighted by atomic mass is 9.73. The van der Waals surface area contributed by atoms with Crippen LogP contribution in [0.25, 0.3) is 0 Å². The van der Waals surface area contributed by atoms with Crippen LogP contribution in [0.3, 0.4) is 0 Å². The first-order valence-electron chi connectivity index (χ1n) is 9.10. The smallest absolute Gasteiger partial charge is 0.137 e. The number of aromatic nitrogens is 2. The fourth-order valence-corrected chi connectivity index (χ4v) is 4.14. The molecule has 2 aliphatic rings. The maximum absolute atomic E-state index is 6.14. The maximum atomic E-state index is 6.14. The molecule has 0 radical (unpaired) electrons. The third kappa shape index (κ3) is 3.83. The van der Waals surface area contributed by atoms with Crippen molar-refractivity contribution in [3.8, 4) is 5.75 Å². The van der Waals surface area contributed by atoms with Crippen LogP contribution in [0.2, 0.25) is 0 Å². The summed E-state index contributed by atoms with van der Waals surface area (Å²) in [5, 5.41) is 0. The number of piperidine rings is 1. The zero-order chi connectivity index (χ0) is 17.0. The van der Waals surface area contributed by atoms with E-state index in [9.17, 15) is 0 Å². The van der Waals surface area contributed by atoms with Gasteiger partial charge in [0, 0.05) is 50.2 Å². The highest BCUT2D eigenvalue weighted by molar-refractivity contribution is 5.16. The van der Waals surface area contributed by atoms with E-state index in [1.165, 1.54) is 5.56 Å². The van der Waals surface area contributed by atoms with Crippen molar-refractivity contribution in [3.05, 3.63) is 54.6 Å². The van der Waals surface area contributed by atoms with E-state index in [4.69, 9.17) is 9.47 Å². The largest absolute Gasteiger partial charge is 0.491 e. The van der Waals surface area contributed by atoms with Crippen molar-refractivity contribution >= 4 is 0 Å².